The summed E-state index contributed by atoms with van der Waals surface area (Å²) in [5, 5.41) is 15.2. The van der Waals surface area contributed by atoms with Crippen molar-refractivity contribution in [3.63, 3.8) is 0 Å². The smallest absolute Gasteiger partial charge is 0.267 e. The molecular weight excluding hydrogens is 412 g/mol. The van der Waals surface area contributed by atoms with Crippen molar-refractivity contribution in [3.8, 4) is 10.6 Å². The Hall–Kier alpha value is -3.07. The van der Waals surface area contributed by atoms with Gasteiger partial charge in [-0.2, -0.15) is 10.2 Å². The molecule has 4 heterocycles. The first-order chi connectivity index (χ1) is 15.1. The second-order valence-electron chi connectivity index (χ2n) is 8.00. The van der Waals surface area contributed by atoms with E-state index in [1.54, 1.807) is 24.3 Å². The highest BCUT2D eigenvalue weighted by molar-refractivity contribution is 7.13. The van der Waals surface area contributed by atoms with E-state index in [2.05, 4.69) is 26.3 Å². The molecule has 1 aliphatic carbocycles. The Morgan fingerprint density at radius 3 is 2.71 bits per heavy atom. The van der Waals surface area contributed by atoms with Gasteiger partial charge in [-0.1, -0.05) is 6.07 Å². The van der Waals surface area contributed by atoms with Gasteiger partial charge in [-0.05, 0) is 55.3 Å². The molecule has 0 radical (unpaired) electrons. The molecule has 0 aromatic carbocycles. The highest BCUT2D eigenvalue weighted by atomic mass is 32.1. The highest BCUT2D eigenvalue weighted by Crippen LogP contribution is 2.24. The molecule has 1 saturated heterocycles. The predicted octanol–water partition coefficient (Wildman–Crippen LogP) is 2.16. The quantitative estimate of drug-likeness (QED) is 0.623. The molecule has 31 heavy (non-hydrogen) atoms. The number of hydrogen-bond donors (Lipinski definition) is 0. The summed E-state index contributed by atoms with van der Waals surface area (Å²) >= 11 is 1.55. The van der Waals surface area contributed by atoms with Crippen LogP contribution in [0.15, 0.2) is 40.5 Å². The summed E-state index contributed by atoms with van der Waals surface area (Å²) in [6.45, 7) is 4.31. The van der Waals surface area contributed by atoms with Crippen LogP contribution in [-0.2, 0) is 17.6 Å². The second-order valence-corrected chi connectivity index (χ2v) is 8.94. The minimum atomic E-state index is -0.654. The van der Waals surface area contributed by atoms with E-state index < -0.39 is 6.04 Å². The molecule has 1 amide bonds. The van der Waals surface area contributed by atoms with Gasteiger partial charge < -0.3 is 9.80 Å². The van der Waals surface area contributed by atoms with Crippen molar-refractivity contribution in [1.29, 1.82) is 0 Å². The number of aryl methyl sites for hydroxylation is 2. The zero-order chi connectivity index (χ0) is 21.4. The zero-order valence-corrected chi connectivity index (χ0v) is 18.2. The van der Waals surface area contributed by atoms with Crippen LogP contribution in [0.25, 0.3) is 10.6 Å². The molecule has 0 saturated carbocycles. The van der Waals surface area contributed by atoms with Crippen LogP contribution < -0.4 is 10.5 Å². The standard InChI is InChI=1S/C22H24N6O2S/c1-15(28-21(29)8-7-18(25-28)19-6-3-13-31-19)22(30)27-11-9-26(10-12-27)20-14-16-4-2-5-17(16)23-24-20/h3,6-8,13-15H,2,4-5,9-12H2,1H3/t15-/m1/s1. The summed E-state index contributed by atoms with van der Waals surface area (Å²) in [7, 11) is 0. The van der Waals surface area contributed by atoms with Crippen molar-refractivity contribution in [2.24, 2.45) is 0 Å². The predicted molar refractivity (Wildman–Crippen MR) is 119 cm³/mol. The van der Waals surface area contributed by atoms with E-state index in [1.807, 2.05) is 22.4 Å². The lowest BCUT2D eigenvalue weighted by molar-refractivity contribution is -0.135. The maximum absolute atomic E-state index is 13.1. The van der Waals surface area contributed by atoms with Crippen LogP contribution in [-0.4, -0.2) is 57.0 Å². The number of hydrogen-bond acceptors (Lipinski definition) is 7. The number of amides is 1. The fourth-order valence-electron chi connectivity index (χ4n) is 4.25. The fourth-order valence-corrected chi connectivity index (χ4v) is 4.95. The Morgan fingerprint density at radius 1 is 1.10 bits per heavy atom. The zero-order valence-electron chi connectivity index (χ0n) is 17.4. The number of rotatable bonds is 4. The van der Waals surface area contributed by atoms with Crippen LogP contribution in [0.3, 0.4) is 0 Å². The Kier molecular flexibility index (Phi) is 5.27. The number of nitrogens with zero attached hydrogens (tertiary/aromatic N) is 6. The topological polar surface area (TPSA) is 84.2 Å². The van der Waals surface area contributed by atoms with Crippen molar-refractivity contribution in [2.75, 3.05) is 31.1 Å². The third-order valence-electron chi connectivity index (χ3n) is 6.05. The van der Waals surface area contributed by atoms with Crippen molar-refractivity contribution < 1.29 is 4.79 Å². The summed E-state index contributed by atoms with van der Waals surface area (Å²) < 4.78 is 1.30. The van der Waals surface area contributed by atoms with Gasteiger partial charge in [0, 0.05) is 32.2 Å². The molecule has 1 aliphatic heterocycles. The van der Waals surface area contributed by atoms with Crippen LogP contribution in [0.5, 0.6) is 0 Å². The van der Waals surface area contributed by atoms with Crippen LogP contribution >= 0.6 is 11.3 Å². The van der Waals surface area contributed by atoms with E-state index in [4.69, 9.17) is 0 Å². The molecule has 8 nitrogen and oxygen atoms in total. The van der Waals surface area contributed by atoms with Crippen molar-refractivity contribution in [1.82, 2.24) is 24.9 Å². The van der Waals surface area contributed by atoms with E-state index >= 15 is 0 Å². The maximum Gasteiger partial charge on any atom is 0.267 e. The van der Waals surface area contributed by atoms with Crippen molar-refractivity contribution in [3.05, 3.63) is 57.3 Å². The van der Waals surface area contributed by atoms with Gasteiger partial charge in [0.15, 0.2) is 5.82 Å². The molecule has 160 valence electrons. The van der Waals surface area contributed by atoms with Gasteiger partial charge in [0.05, 0.1) is 10.6 Å². The normalized spacial score (nSPS) is 16.9. The lowest BCUT2D eigenvalue weighted by atomic mass is 10.2. The Bertz CT molecular complexity index is 1150. The monoisotopic (exact) mass is 436 g/mol. The van der Waals surface area contributed by atoms with Gasteiger partial charge in [0.2, 0.25) is 5.91 Å². The minimum absolute atomic E-state index is 0.0855. The minimum Gasteiger partial charge on any atom is -0.352 e. The molecule has 3 aromatic rings. The number of piperazine rings is 1. The van der Waals surface area contributed by atoms with Gasteiger partial charge in [0.25, 0.3) is 5.56 Å². The molecule has 2 aliphatic rings. The summed E-state index contributed by atoms with van der Waals surface area (Å²) in [5.74, 6) is 0.806. The summed E-state index contributed by atoms with van der Waals surface area (Å²) in [4.78, 5) is 30.5. The number of fused-ring (bicyclic) bond motifs is 1. The van der Waals surface area contributed by atoms with Gasteiger partial charge in [0.1, 0.15) is 11.7 Å². The van der Waals surface area contributed by atoms with Gasteiger partial charge >= 0.3 is 0 Å². The van der Waals surface area contributed by atoms with Gasteiger partial charge in [-0.25, -0.2) is 4.68 Å². The van der Waals surface area contributed by atoms with Crippen LogP contribution in [0.4, 0.5) is 5.82 Å². The molecule has 3 aromatic heterocycles. The van der Waals surface area contributed by atoms with E-state index in [-0.39, 0.29) is 11.5 Å². The third-order valence-corrected chi connectivity index (χ3v) is 6.94. The van der Waals surface area contributed by atoms with Crippen LogP contribution in [0, 0.1) is 0 Å². The highest BCUT2D eigenvalue weighted by Gasteiger charge is 2.28. The largest absolute Gasteiger partial charge is 0.352 e. The molecule has 0 unspecified atom stereocenters. The lowest BCUT2D eigenvalue weighted by Crippen LogP contribution is -2.51. The van der Waals surface area contributed by atoms with Crippen LogP contribution in [0.2, 0.25) is 0 Å². The van der Waals surface area contributed by atoms with E-state index in [1.165, 1.54) is 16.3 Å². The molecule has 1 atom stereocenters. The maximum atomic E-state index is 13.1. The molecule has 0 N–H and O–H groups in total. The molecule has 5 rings (SSSR count). The van der Waals surface area contributed by atoms with Crippen molar-refractivity contribution >= 4 is 23.1 Å². The number of thiophene rings is 1. The van der Waals surface area contributed by atoms with E-state index in [0.717, 1.165) is 35.7 Å². The number of carbonyl (C=O) groups is 1. The first-order valence-electron chi connectivity index (χ1n) is 10.6. The molecule has 9 heteroatoms. The van der Waals surface area contributed by atoms with Gasteiger partial charge in [-0.3, -0.25) is 9.59 Å². The summed E-state index contributed by atoms with van der Waals surface area (Å²) in [6, 6.07) is 8.58. The molecular formula is C22H24N6O2S. The van der Waals surface area contributed by atoms with E-state index in [9.17, 15) is 9.59 Å². The lowest BCUT2D eigenvalue weighted by Gasteiger charge is -2.36. The first-order valence-corrected chi connectivity index (χ1v) is 11.5. The van der Waals surface area contributed by atoms with Gasteiger partial charge in [-0.15, -0.1) is 16.4 Å². The average molecular weight is 437 g/mol. The van der Waals surface area contributed by atoms with Crippen LogP contribution in [0.1, 0.15) is 30.6 Å². The summed E-state index contributed by atoms with van der Waals surface area (Å²) in [6.07, 6.45) is 3.23. The Morgan fingerprint density at radius 2 is 1.94 bits per heavy atom. The first kappa shape index (κ1) is 19.9. The second kappa shape index (κ2) is 8.22. The van der Waals surface area contributed by atoms with E-state index in [0.29, 0.717) is 31.9 Å². The Balaban J connectivity index is 1.27. The number of anilines is 1. The summed E-state index contributed by atoms with van der Waals surface area (Å²) in [5.41, 5.74) is 2.85. The SMILES string of the molecule is C[C@H](C(=O)N1CCN(c2cc3c(nn2)CCC3)CC1)n1nc(-c2cccs2)ccc1=O. The average Bonchev–Trinajstić information content (AvgIpc) is 3.50. The van der Waals surface area contributed by atoms with Crippen molar-refractivity contribution in [2.45, 2.75) is 32.2 Å². The fraction of sp³-hybridized carbons (Fsp3) is 0.409. The molecule has 0 spiro atoms. The molecule has 1 fully saturated rings. The third kappa shape index (κ3) is 3.85. The number of aromatic nitrogens is 4. The number of carbonyl (C=O) groups excluding carboxylic acids is 1. The molecule has 0 bridgehead atoms. The Labute approximate surface area is 184 Å².